The van der Waals surface area contributed by atoms with Crippen LogP contribution in [0.15, 0.2) is 69.4 Å². The number of allylic oxidation sites excluding steroid dienone is 16. The maximum Gasteiger partial charge on any atom is -0.0114 e. The maximum absolute atomic E-state index is 3.20. The first-order valence-electron chi connectivity index (χ1n) is 16.0. The third kappa shape index (κ3) is 30.9. The molecule has 0 aromatic rings. The van der Waals surface area contributed by atoms with E-state index in [0.29, 0.717) is 0 Å². The van der Waals surface area contributed by atoms with Crippen molar-refractivity contribution in [3.05, 3.63) is 93.7 Å². The predicted molar refractivity (Wildman–Crippen MR) is 223 cm³/mol. The van der Waals surface area contributed by atoms with Gasteiger partial charge in [0.2, 0.25) is 0 Å². The van der Waals surface area contributed by atoms with Crippen molar-refractivity contribution in [2.45, 2.75) is 132 Å². The second-order valence-corrected chi connectivity index (χ2v) is 43.3. The standard InChI is InChI=1S/4C8H13Si.2C3H6.2ClH.2Hf/c4*1-9(2,3)8-6-4-5-7-8;2*1-3-2;;;;/h4*6-7H,4H2,1-3H3;2*1-2H3;2*1H;;/q4*-1;;;;;2*+2. The average molecular weight is 1060 g/mol. The van der Waals surface area contributed by atoms with E-state index >= 15 is 0 Å². The van der Waals surface area contributed by atoms with Crippen LogP contribution in [0.3, 0.4) is 0 Å². The Morgan fingerprint density at radius 1 is 0.413 bits per heavy atom. The molecule has 4 aliphatic carbocycles. The molecule has 8 heteroatoms. The zero-order chi connectivity index (χ0) is 34.8. The van der Waals surface area contributed by atoms with E-state index in [1.165, 1.54) is 47.8 Å². The summed E-state index contributed by atoms with van der Waals surface area (Å²) < 4.78 is 3.11. The Morgan fingerprint density at radius 3 is 0.587 bits per heavy atom. The molecule has 0 unspecified atom stereocenters. The fourth-order valence-electron chi connectivity index (χ4n) is 3.68. The van der Waals surface area contributed by atoms with E-state index in [9.17, 15) is 0 Å². The van der Waals surface area contributed by atoms with Crippen LogP contribution in [0.4, 0.5) is 0 Å². The van der Waals surface area contributed by atoms with Crippen molar-refractivity contribution in [2.24, 2.45) is 0 Å². The first-order chi connectivity index (χ1) is 19.9. The molecule has 0 amide bonds. The molecule has 0 bridgehead atoms. The van der Waals surface area contributed by atoms with E-state index in [2.05, 4.69) is 179 Å². The maximum atomic E-state index is 3.20. The summed E-state index contributed by atoms with van der Waals surface area (Å²) in [6, 6.07) is 0. The number of hydrogen-bond acceptors (Lipinski definition) is 0. The Kier molecular flexibility index (Phi) is 31.0. The molecule has 0 aromatic heterocycles. The van der Waals surface area contributed by atoms with Crippen LogP contribution < -0.4 is 0 Å². The van der Waals surface area contributed by atoms with Gasteiger partial charge in [0, 0.05) is 0 Å². The van der Waals surface area contributed by atoms with Crippen LogP contribution in [0.25, 0.3) is 0 Å². The van der Waals surface area contributed by atoms with Gasteiger partial charge in [-0.1, -0.05) is 78.6 Å². The molecule has 0 N–H and O–H groups in total. The summed E-state index contributed by atoms with van der Waals surface area (Å²) in [5, 5.41) is 6.23. The molecule has 4 aliphatic rings. The molecule has 0 aliphatic heterocycles. The molecule has 46 heavy (non-hydrogen) atoms. The average Bonchev–Trinajstić information content (AvgIpc) is 3.64. The van der Waals surface area contributed by atoms with Crippen LogP contribution in [0, 0.1) is 24.3 Å². The number of rotatable bonds is 4. The Hall–Kier alpha value is 0.848. The van der Waals surface area contributed by atoms with Gasteiger partial charge in [-0.3, -0.25) is 24.3 Å². The fourth-order valence-corrected chi connectivity index (χ4v) is 8.68. The molecular formula is C38H66Cl2Hf2Si4. The van der Waals surface area contributed by atoms with Crippen molar-refractivity contribution in [1.82, 2.24) is 0 Å². The largest absolute Gasteiger partial charge is 0.273 e. The number of halogens is 2. The van der Waals surface area contributed by atoms with Crippen LogP contribution >= 0.6 is 24.8 Å². The van der Waals surface area contributed by atoms with Gasteiger partial charge in [-0.15, -0.1) is 50.5 Å². The molecule has 0 fully saturated rings. The minimum atomic E-state index is -0.981. The molecule has 0 saturated carbocycles. The quantitative estimate of drug-likeness (QED) is 0.194. The fraction of sp³-hybridized carbons (Fsp3) is 0.526. The molecule has 4 rings (SSSR count). The second-order valence-electron chi connectivity index (χ2n) is 15.8. The Balaban J connectivity index is -0.000000234. The third-order valence-electron chi connectivity index (χ3n) is 6.25. The van der Waals surface area contributed by atoms with Gasteiger partial charge in [0.1, 0.15) is 0 Å². The van der Waals surface area contributed by atoms with Crippen molar-refractivity contribution in [1.29, 1.82) is 0 Å². The molecule has 0 atom stereocenters. The summed E-state index contributed by atoms with van der Waals surface area (Å²) in [6.45, 7) is 36.9. The van der Waals surface area contributed by atoms with Gasteiger partial charge < -0.3 is 0 Å². The summed E-state index contributed by atoms with van der Waals surface area (Å²) in [4.78, 5) is 0. The number of hydrogen-bond donors (Lipinski definition) is 0. The molecule has 0 radical (unpaired) electrons. The monoisotopic (exact) mass is 1060 g/mol. The van der Waals surface area contributed by atoms with E-state index in [1.54, 1.807) is 27.3 Å². The van der Waals surface area contributed by atoms with E-state index in [0.717, 1.165) is 25.7 Å². The van der Waals surface area contributed by atoms with Gasteiger partial charge in [-0.05, 0) is 32.3 Å². The molecule has 256 valence electrons. The topological polar surface area (TPSA) is 0 Å². The van der Waals surface area contributed by atoms with Crippen molar-refractivity contribution >= 4 is 63.6 Å². The van der Waals surface area contributed by atoms with Gasteiger partial charge in [-0.2, -0.15) is 24.3 Å². The smallest absolute Gasteiger partial charge is 0.0114 e. The molecule has 0 aromatic carbocycles. The van der Waals surface area contributed by atoms with Crippen molar-refractivity contribution < 1.29 is 47.8 Å². The van der Waals surface area contributed by atoms with E-state index in [4.69, 9.17) is 0 Å². The predicted octanol–water partition coefficient (Wildman–Crippen LogP) is 12.5. The summed E-state index contributed by atoms with van der Waals surface area (Å²) >= 11 is 2.53. The Labute approximate surface area is 333 Å². The molecule has 0 saturated heterocycles. The zero-order valence-corrected chi connectivity index (χ0v) is 45.1. The Morgan fingerprint density at radius 2 is 0.543 bits per heavy atom. The third-order valence-corrected chi connectivity index (χ3v) is 14.6. The van der Waals surface area contributed by atoms with Gasteiger partial charge in [0.25, 0.3) is 0 Å². The van der Waals surface area contributed by atoms with Gasteiger partial charge in [-0.25, -0.2) is 45.1 Å². The van der Waals surface area contributed by atoms with Crippen LogP contribution in [0.2, 0.25) is 78.6 Å². The van der Waals surface area contributed by atoms with Crippen LogP contribution in [0.5, 0.6) is 0 Å². The molecule has 0 spiro atoms. The van der Waals surface area contributed by atoms with Crippen molar-refractivity contribution in [2.75, 3.05) is 0 Å². The van der Waals surface area contributed by atoms with E-state index in [-0.39, 0.29) is 24.8 Å². The summed E-state index contributed by atoms with van der Waals surface area (Å²) in [5.74, 6) is 0. The van der Waals surface area contributed by atoms with Crippen LogP contribution in [0.1, 0.15) is 53.4 Å². The van der Waals surface area contributed by atoms with Gasteiger partial charge in [0.15, 0.2) is 0 Å². The normalized spacial score (nSPS) is 15.6. The molecule has 0 nitrogen and oxygen atoms in total. The first kappa shape index (κ1) is 53.6. The summed E-state index contributed by atoms with van der Waals surface area (Å²) in [6.07, 6.45) is 34.8. The van der Waals surface area contributed by atoms with Crippen LogP contribution in [-0.4, -0.2) is 38.8 Å². The van der Waals surface area contributed by atoms with Crippen LogP contribution in [-0.2, 0) is 47.8 Å². The molecule has 0 heterocycles. The SMILES string of the molecule is C[C](C)=[Hf+2].C[C](C)=[Hf+2].C[Si](C)(C)C1=CC[C-]=C1.C[Si](C)(C)C1=CC[C-]=C1.C[Si](C)(C)C1=CC[C-]=C1.C[Si](C)(C)C1=CC[C-]=C1.Cl.Cl. The summed E-state index contributed by atoms with van der Waals surface area (Å²) in [5.41, 5.74) is 0. The van der Waals surface area contributed by atoms with Gasteiger partial charge in [0.05, 0.1) is 0 Å². The van der Waals surface area contributed by atoms with Gasteiger partial charge >= 0.3 is 82.0 Å². The van der Waals surface area contributed by atoms with E-state index in [1.807, 2.05) is 0 Å². The minimum Gasteiger partial charge on any atom is -0.273 e. The zero-order valence-electron chi connectivity index (χ0n) is 32.3. The molecular weight excluding hydrogens is 997 g/mol. The van der Waals surface area contributed by atoms with E-state index < -0.39 is 32.3 Å². The second kappa shape index (κ2) is 26.6. The summed E-state index contributed by atoms with van der Waals surface area (Å²) in [7, 11) is -3.92. The van der Waals surface area contributed by atoms with Crippen molar-refractivity contribution in [3.63, 3.8) is 0 Å². The Bertz CT molecular complexity index is 977. The minimum absolute atomic E-state index is 0. The van der Waals surface area contributed by atoms with Crippen molar-refractivity contribution in [3.8, 4) is 0 Å². The first-order valence-corrected chi connectivity index (χ1v) is 33.6.